The molecule has 0 aliphatic heterocycles. The van der Waals surface area contributed by atoms with E-state index >= 15 is 0 Å². The van der Waals surface area contributed by atoms with Gasteiger partial charge >= 0.3 is 0 Å². The molecule has 5 nitrogen and oxygen atoms in total. The maximum absolute atomic E-state index is 13.5. The molecule has 1 aromatic heterocycles. The lowest BCUT2D eigenvalue weighted by atomic mass is 10.1. The van der Waals surface area contributed by atoms with Gasteiger partial charge in [0.1, 0.15) is 0 Å². The minimum Gasteiger partial charge on any atom is -0.494 e. The number of nitrogens with one attached hydrogen (secondary N) is 1. The molecule has 0 fully saturated rings. The molecule has 1 aromatic carbocycles. The average molecular weight is 244 g/mol. The molecule has 2 aromatic rings. The summed E-state index contributed by atoms with van der Waals surface area (Å²) >= 11 is 0. The summed E-state index contributed by atoms with van der Waals surface area (Å²) in [5, 5.41) is 10.7. The zero-order valence-corrected chi connectivity index (χ0v) is 9.51. The maximum Gasteiger partial charge on any atom is 0.236 e. The zero-order valence-electron chi connectivity index (χ0n) is 9.51. The van der Waals surface area contributed by atoms with Crippen LogP contribution in [0.15, 0.2) is 30.6 Å². The van der Waals surface area contributed by atoms with Crippen molar-refractivity contribution in [2.45, 2.75) is 0 Å². The van der Waals surface area contributed by atoms with Crippen molar-refractivity contribution < 1.29 is 9.13 Å². The van der Waals surface area contributed by atoms with Gasteiger partial charge in [-0.1, -0.05) is 6.07 Å². The number of nitrogens with zero attached hydrogens (tertiary/aromatic N) is 3. The first-order valence-electron chi connectivity index (χ1n) is 5.05. The monoisotopic (exact) mass is 244 g/mol. The maximum atomic E-state index is 13.5. The van der Waals surface area contributed by atoms with Crippen molar-refractivity contribution in [2.24, 2.45) is 0 Å². The average Bonchev–Trinajstić information content (AvgIpc) is 2.40. The van der Waals surface area contributed by atoms with Gasteiger partial charge in [-0.2, -0.15) is 5.26 Å². The molecular weight excluding hydrogens is 235 g/mol. The fraction of sp³-hybridized carbons (Fsp3) is 0.0833. The Balaban J connectivity index is 2.31. The van der Waals surface area contributed by atoms with Gasteiger partial charge in [0.25, 0.3) is 0 Å². The fourth-order valence-electron chi connectivity index (χ4n) is 1.44. The van der Waals surface area contributed by atoms with Gasteiger partial charge < -0.3 is 4.74 Å². The number of nitriles is 1. The minimum absolute atomic E-state index is 0.183. The Bertz CT molecular complexity index is 592. The first kappa shape index (κ1) is 11.8. The summed E-state index contributed by atoms with van der Waals surface area (Å²) in [7, 11) is 1.41. The molecule has 90 valence electrons. The van der Waals surface area contributed by atoms with Crippen LogP contribution in [0.25, 0.3) is 11.1 Å². The summed E-state index contributed by atoms with van der Waals surface area (Å²) < 4.78 is 18.3. The predicted octanol–water partition coefficient (Wildman–Crippen LogP) is 2.18. The van der Waals surface area contributed by atoms with Crippen molar-refractivity contribution in [1.29, 1.82) is 5.26 Å². The molecule has 0 unspecified atom stereocenters. The summed E-state index contributed by atoms with van der Waals surface area (Å²) in [6.07, 6.45) is 4.73. The Kier molecular flexibility index (Phi) is 3.34. The molecule has 0 aliphatic carbocycles. The summed E-state index contributed by atoms with van der Waals surface area (Å²) in [5.74, 6) is -0.0631. The SMILES string of the molecule is COc1ccc(-c2cnc(NC#N)nc2)cc1F. The second-order valence-electron chi connectivity index (χ2n) is 3.38. The lowest BCUT2D eigenvalue weighted by molar-refractivity contribution is 0.386. The molecule has 2 rings (SSSR count). The topological polar surface area (TPSA) is 70.8 Å². The minimum atomic E-state index is -0.450. The van der Waals surface area contributed by atoms with Crippen molar-refractivity contribution >= 4 is 5.95 Å². The van der Waals surface area contributed by atoms with E-state index < -0.39 is 5.82 Å². The Hall–Kier alpha value is -2.68. The molecular formula is C12H9FN4O. The summed E-state index contributed by atoms with van der Waals surface area (Å²) in [5.41, 5.74) is 1.29. The number of halogens is 1. The number of benzene rings is 1. The molecule has 0 spiro atoms. The van der Waals surface area contributed by atoms with Crippen LogP contribution in [0.1, 0.15) is 0 Å². The Labute approximate surface area is 103 Å². The van der Waals surface area contributed by atoms with E-state index in [9.17, 15) is 4.39 Å². The molecule has 0 radical (unpaired) electrons. The lowest BCUT2D eigenvalue weighted by Gasteiger charge is -2.05. The zero-order chi connectivity index (χ0) is 13.0. The van der Waals surface area contributed by atoms with Gasteiger partial charge in [0, 0.05) is 18.0 Å². The molecule has 1 N–H and O–H groups in total. The van der Waals surface area contributed by atoms with Gasteiger partial charge in [0.05, 0.1) is 7.11 Å². The second kappa shape index (κ2) is 5.10. The third-order valence-corrected chi connectivity index (χ3v) is 2.30. The fourth-order valence-corrected chi connectivity index (χ4v) is 1.44. The van der Waals surface area contributed by atoms with E-state index in [0.717, 1.165) is 0 Å². The van der Waals surface area contributed by atoms with E-state index in [1.165, 1.54) is 31.6 Å². The van der Waals surface area contributed by atoms with Crippen molar-refractivity contribution in [3.05, 3.63) is 36.4 Å². The summed E-state index contributed by atoms with van der Waals surface area (Å²) in [6.45, 7) is 0. The van der Waals surface area contributed by atoms with E-state index in [1.54, 1.807) is 12.3 Å². The lowest BCUT2D eigenvalue weighted by Crippen LogP contribution is -1.95. The highest BCUT2D eigenvalue weighted by Gasteiger charge is 2.06. The third kappa shape index (κ3) is 2.35. The standard InChI is InChI=1S/C12H9FN4O/c1-18-11-3-2-8(4-10(11)13)9-5-15-12(16-6-9)17-7-14/h2-6H,1H3,(H,15,16,17). The molecule has 0 amide bonds. The van der Waals surface area contributed by atoms with E-state index in [0.29, 0.717) is 11.1 Å². The molecule has 0 saturated carbocycles. The predicted molar refractivity (Wildman–Crippen MR) is 63.2 cm³/mol. The summed E-state index contributed by atoms with van der Waals surface area (Å²) in [4.78, 5) is 7.84. The normalized spacial score (nSPS) is 9.61. The molecule has 6 heteroatoms. The van der Waals surface area contributed by atoms with Crippen LogP contribution in [0, 0.1) is 17.3 Å². The largest absolute Gasteiger partial charge is 0.494 e. The van der Waals surface area contributed by atoms with Crippen LogP contribution < -0.4 is 10.1 Å². The molecule has 0 atom stereocenters. The first-order chi connectivity index (χ1) is 8.74. The van der Waals surface area contributed by atoms with Crippen LogP contribution in [0.4, 0.5) is 10.3 Å². The van der Waals surface area contributed by atoms with Crippen molar-refractivity contribution in [3.8, 4) is 23.1 Å². The quantitative estimate of drug-likeness (QED) is 0.662. The number of methoxy groups -OCH3 is 1. The molecule has 18 heavy (non-hydrogen) atoms. The highest BCUT2D eigenvalue weighted by Crippen LogP contribution is 2.24. The number of hydrogen-bond acceptors (Lipinski definition) is 5. The number of anilines is 1. The molecule has 0 saturated heterocycles. The van der Waals surface area contributed by atoms with Crippen LogP contribution in [0.3, 0.4) is 0 Å². The molecule has 0 aliphatic rings. The highest BCUT2D eigenvalue weighted by molar-refractivity contribution is 5.63. The van der Waals surface area contributed by atoms with Gasteiger partial charge in [-0.25, -0.2) is 14.4 Å². The van der Waals surface area contributed by atoms with E-state index in [2.05, 4.69) is 15.3 Å². The Morgan fingerprint density at radius 3 is 2.56 bits per heavy atom. The Morgan fingerprint density at radius 2 is 2.00 bits per heavy atom. The smallest absolute Gasteiger partial charge is 0.236 e. The van der Waals surface area contributed by atoms with Crippen LogP contribution in [0.5, 0.6) is 5.75 Å². The number of hydrogen-bond donors (Lipinski definition) is 1. The first-order valence-corrected chi connectivity index (χ1v) is 5.05. The van der Waals surface area contributed by atoms with Gasteiger partial charge in [-0.05, 0) is 17.7 Å². The molecule has 0 bridgehead atoms. The van der Waals surface area contributed by atoms with Gasteiger partial charge in [0.2, 0.25) is 5.95 Å². The molecule has 1 heterocycles. The van der Waals surface area contributed by atoms with E-state index in [-0.39, 0.29) is 11.7 Å². The Morgan fingerprint density at radius 1 is 1.28 bits per heavy atom. The van der Waals surface area contributed by atoms with Gasteiger partial charge in [-0.15, -0.1) is 0 Å². The number of aromatic nitrogens is 2. The van der Waals surface area contributed by atoms with Crippen molar-refractivity contribution in [3.63, 3.8) is 0 Å². The van der Waals surface area contributed by atoms with Crippen LogP contribution in [-0.4, -0.2) is 17.1 Å². The van der Waals surface area contributed by atoms with Gasteiger partial charge in [0.15, 0.2) is 17.8 Å². The van der Waals surface area contributed by atoms with Crippen LogP contribution in [0.2, 0.25) is 0 Å². The summed E-state index contributed by atoms with van der Waals surface area (Å²) in [6, 6.07) is 4.58. The van der Waals surface area contributed by atoms with E-state index in [1.807, 2.05) is 0 Å². The van der Waals surface area contributed by atoms with Crippen molar-refractivity contribution in [1.82, 2.24) is 9.97 Å². The highest BCUT2D eigenvalue weighted by atomic mass is 19.1. The van der Waals surface area contributed by atoms with E-state index in [4.69, 9.17) is 10.00 Å². The number of ether oxygens (including phenoxy) is 1. The third-order valence-electron chi connectivity index (χ3n) is 2.30. The number of rotatable bonds is 3. The van der Waals surface area contributed by atoms with Crippen LogP contribution >= 0.6 is 0 Å². The van der Waals surface area contributed by atoms with Crippen LogP contribution in [-0.2, 0) is 0 Å². The second-order valence-corrected chi connectivity index (χ2v) is 3.38. The van der Waals surface area contributed by atoms with Crippen molar-refractivity contribution in [2.75, 3.05) is 12.4 Å². The van der Waals surface area contributed by atoms with Gasteiger partial charge in [-0.3, -0.25) is 5.32 Å².